The quantitative estimate of drug-likeness (QED) is 0.404. The Morgan fingerprint density at radius 1 is 1.21 bits per heavy atom. The van der Waals surface area contributed by atoms with E-state index in [9.17, 15) is 4.79 Å². The Kier molecular flexibility index (Phi) is 8.24. The van der Waals surface area contributed by atoms with E-state index in [1.807, 2.05) is 30.7 Å². The number of carbonyl (C=O) groups excluding carboxylic acids is 1. The Hall–Kier alpha value is -1.60. The minimum absolute atomic E-state index is 0.0730. The lowest BCUT2D eigenvalue weighted by atomic mass is 9.98. The molecule has 0 bridgehead atoms. The summed E-state index contributed by atoms with van der Waals surface area (Å²) in [6.45, 7) is 5.69. The number of amides is 1. The number of likely N-dealkylation sites (tertiary alicyclic amines) is 1. The van der Waals surface area contributed by atoms with Crippen LogP contribution in [-0.2, 0) is 6.54 Å². The van der Waals surface area contributed by atoms with E-state index in [0.29, 0.717) is 21.7 Å². The van der Waals surface area contributed by atoms with Crippen molar-refractivity contribution in [2.75, 3.05) is 12.8 Å². The zero-order chi connectivity index (χ0) is 24.4. The number of benzene rings is 2. The van der Waals surface area contributed by atoms with Crippen molar-refractivity contribution in [3.63, 3.8) is 0 Å². The molecule has 8 heteroatoms. The molecule has 2 aromatic carbocycles. The second-order valence-corrected chi connectivity index (χ2v) is 11.8. The average molecular weight is 526 g/mol. The zero-order valence-electron chi connectivity index (χ0n) is 19.7. The number of rotatable bonds is 7. The fraction of sp³-hybridized carbons (Fsp3) is 0.462. The molecule has 1 amide bonds. The van der Waals surface area contributed by atoms with Gasteiger partial charge in [-0.2, -0.15) is 0 Å². The maximum atomic E-state index is 15.0. The Morgan fingerprint density at radius 2 is 1.91 bits per heavy atom. The minimum atomic E-state index is -0.543. The van der Waals surface area contributed by atoms with Gasteiger partial charge in [0.15, 0.2) is 0 Å². The Labute approximate surface area is 213 Å². The number of piperidine rings is 1. The fourth-order valence-corrected chi connectivity index (χ4v) is 5.57. The number of carbonyl (C=O) groups is 1. The monoisotopic (exact) mass is 524 g/mol. The topological polar surface area (TPSA) is 41.6 Å². The first-order valence-corrected chi connectivity index (χ1v) is 14.1. The largest absolute Gasteiger partial charge is 0.488 e. The highest BCUT2D eigenvalue weighted by Crippen LogP contribution is 2.46. The van der Waals surface area contributed by atoms with Crippen LogP contribution in [0.15, 0.2) is 30.3 Å². The molecule has 1 aliphatic carbocycles. The average Bonchev–Trinajstić information content (AvgIpc) is 3.61. The van der Waals surface area contributed by atoms with E-state index < -0.39 is 16.5 Å². The lowest BCUT2D eigenvalue weighted by Crippen LogP contribution is -2.48. The SMILES string of the molecule is C/C=S(\C)NC(=O)c1cc(C2CC2)c(O[C@H]2CCCN(Cc3cc(Cl)cc(Cl)c3)[C@H]2C)cc1F. The van der Waals surface area contributed by atoms with Crippen LogP contribution in [-0.4, -0.2) is 41.1 Å². The number of hydrogen-bond donors (Lipinski definition) is 1. The maximum Gasteiger partial charge on any atom is 0.263 e. The highest BCUT2D eigenvalue weighted by Gasteiger charge is 2.33. The van der Waals surface area contributed by atoms with Crippen LogP contribution >= 0.6 is 33.9 Å². The van der Waals surface area contributed by atoms with Gasteiger partial charge in [0.2, 0.25) is 0 Å². The van der Waals surface area contributed by atoms with Crippen LogP contribution in [0.4, 0.5) is 4.39 Å². The van der Waals surface area contributed by atoms with Crippen molar-refractivity contribution in [3.8, 4) is 5.75 Å². The summed E-state index contributed by atoms with van der Waals surface area (Å²) in [7, 11) is -0.402. The van der Waals surface area contributed by atoms with Crippen molar-refractivity contribution in [2.45, 2.75) is 64.1 Å². The van der Waals surface area contributed by atoms with Crippen molar-refractivity contribution in [1.82, 2.24) is 9.62 Å². The van der Waals surface area contributed by atoms with E-state index in [1.165, 1.54) is 6.07 Å². The third-order valence-electron chi connectivity index (χ3n) is 6.60. The summed E-state index contributed by atoms with van der Waals surface area (Å²) in [5.41, 5.74) is 2.09. The molecule has 1 aliphatic heterocycles. The fourth-order valence-electron chi connectivity index (χ4n) is 4.48. The van der Waals surface area contributed by atoms with E-state index in [2.05, 4.69) is 16.5 Å². The van der Waals surface area contributed by atoms with Crippen LogP contribution in [0.25, 0.3) is 0 Å². The van der Waals surface area contributed by atoms with Gasteiger partial charge in [0.25, 0.3) is 5.91 Å². The molecule has 1 heterocycles. The van der Waals surface area contributed by atoms with Crippen LogP contribution in [0.3, 0.4) is 0 Å². The number of hydrogen-bond acceptors (Lipinski definition) is 3. The van der Waals surface area contributed by atoms with Crippen molar-refractivity contribution < 1.29 is 13.9 Å². The van der Waals surface area contributed by atoms with Crippen molar-refractivity contribution in [3.05, 3.63) is 62.9 Å². The molecule has 4 nitrogen and oxygen atoms in total. The molecule has 34 heavy (non-hydrogen) atoms. The van der Waals surface area contributed by atoms with E-state index in [1.54, 1.807) is 12.1 Å². The van der Waals surface area contributed by atoms with E-state index in [-0.39, 0.29) is 23.6 Å². The Balaban J connectivity index is 1.53. The van der Waals surface area contributed by atoms with Crippen molar-refractivity contribution >= 4 is 45.1 Å². The molecule has 184 valence electrons. The Bertz CT molecular complexity index is 1090. The lowest BCUT2D eigenvalue weighted by Gasteiger charge is -2.39. The van der Waals surface area contributed by atoms with Crippen LogP contribution in [0.2, 0.25) is 10.0 Å². The highest BCUT2D eigenvalue weighted by molar-refractivity contribution is 8.13. The summed E-state index contributed by atoms with van der Waals surface area (Å²) in [5, 5.41) is 3.14. The summed E-state index contributed by atoms with van der Waals surface area (Å²) in [5.74, 6) is -0.0341. The third kappa shape index (κ3) is 6.14. The molecule has 1 saturated carbocycles. The molecule has 4 rings (SSSR count). The molecule has 2 aliphatic rings. The third-order valence-corrected chi connectivity index (χ3v) is 8.25. The van der Waals surface area contributed by atoms with Crippen LogP contribution in [0, 0.1) is 5.82 Å². The van der Waals surface area contributed by atoms with E-state index >= 15 is 4.39 Å². The zero-order valence-corrected chi connectivity index (χ0v) is 22.1. The highest BCUT2D eigenvalue weighted by atomic mass is 35.5. The maximum absolute atomic E-state index is 15.0. The number of halogens is 3. The van der Waals surface area contributed by atoms with Gasteiger partial charge in [-0.15, -0.1) is 10.7 Å². The number of ether oxygens (including phenoxy) is 1. The van der Waals surface area contributed by atoms with Crippen LogP contribution in [0.1, 0.15) is 66.9 Å². The summed E-state index contributed by atoms with van der Waals surface area (Å²) >= 11 is 12.4. The van der Waals surface area contributed by atoms with Crippen LogP contribution in [0.5, 0.6) is 5.75 Å². The molecule has 2 fully saturated rings. The molecule has 1 N–H and O–H groups in total. The van der Waals surface area contributed by atoms with Crippen molar-refractivity contribution in [2.24, 2.45) is 0 Å². The van der Waals surface area contributed by atoms with Gasteiger partial charge >= 0.3 is 0 Å². The van der Waals surface area contributed by atoms with Crippen LogP contribution < -0.4 is 9.46 Å². The molecule has 0 radical (unpaired) electrons. The normalized spacial score (nSPS) is 21.9. The summed E-state index contributed by atoms with van der Waals surface area (Å²) in [4.78, 5) is 15.0. The molecule has 2 aromatic rings. The molecule has 3 atom stereocenters. The van der Waals surface area contributed by atoms with Gasteiger partial charge in [-0.3, -0.25) is 9.69 Å². The molecular formula is C26H31Cl2FN2O2S. The van der Waals surface area contributed by atoms with Gasteiger partial charge in [0.1, 0.15) is 17.7 Å². The van der Waals surface area contributed by atoms with E-state index in [0.717, 1.165) is 49.9 Å². The first-order valence-electron chi connectivity index (χ1n) is 11.7. The predicted octanol–water partition coefficient (Wildman–Crippen LogP) is 6.81. The Morgan fingerprint density at radius 3 is 2.56 bits per heavy atom. The minimum Gasteiger partial charge on any atom is -0.488 e. The van der Waals surface area contributed by atoms with Gasteiger partial charge in [-0.25, -0.2) is 4.39 Å². The van der Waals surface area contributed by atoms with Gasteiger partial charge in [0.05, 0.1) is 5.56 Å². The van der Waals surface area contributed by atoms with Gasteiger partial charge in [-0.1, -0.05) is 23.2 Å². The standard InChI is InChI=1S/C26H31Cl2FN2O2S/c1-4-34(3)30-26(32)22-13-21(18-7-8-18)25(14-23(22)29)33-24-6-5-9-31(16(24)2)15-17-10-19(27)12-20(28)11-17/h4,10-14,16,18,24H,5-9,15H2,1-3H3,(H,30,32)/t16-,24-,34?/m0/s1. The lowest BCUT2D eigenvalue weighted by molar-refractivity contribution is 0.0307. The van der Waals surface area contributed by atoms with Gasteiger partial charge in [0, 0.05) is 28.7 Å². The van der Waals surface area contributed by atoms with Gasteiger partial charge < -0.3 is 9.46 Å². The molecule has 0 spiro atoms. The van der Waals surface area contributed by atoms with E-state index in [4.69, 9.17) is 27.9 Å². The summed E-state index contributed by atoms with van der Waals surface area (Å²) in [6, 6.07) is 8.85. The summed E-state index contributed by atoms with van der Waals surface area (Å²) < 4.78 is 24.3. The van der Waals surface area contributed by atoms with Gasteiger partial charge in [-0.05, 0) is 99.0 Å². The second-order valence-electron chi connectivity index (χ2n) is 9.16. The summed E-state index contributed by atoms with van der Waals surface area (Å²) in [6.07, 6.45) is 5.76. The second kappa shape index (κ2) is 11.0. The molecule has 0 aromatic heterocycles. The predicted molar refractivity (Wildman–Crippen MR) is 141 cm³/mol. The van der Waals surface area contributed by atoms with Crippen molar-refractivity contribution in [1.29, 1.82) is 0 Å². The smallest absolute Gasteiger partial charge is 0.263 e. The molecule has 1 unspecified atom stereocenters. The number of nitrogens with one attached hydrogen (secondary N) is 1. The first kappa shape index (κ1) is 25.5. The molecular weight excluding hydrogens is 494 g/mol. The first-order chi connectivity index (χ1) is 16.2. The molecule has 1 saturated heterocycles. The number of nitrogens with zero attached hydrogens (tertiary/aromatic N) is 1.